The summed E-state index contributed by atoms with van der Waals surface area (Å²) >= 11 is 3.15. The number of aliphatic carboxylic acids is 1. The van der Waals surface area contributed by atoms with Crippen LogP contribution in [0.1, 0.15) is 6.92 Å². The molecule has 0 saturated carbocycles. The zero-order chi connectivity index (χ0) is 33.0. The molecule has 0 amide bonds. The first-order chi connectivity index (χ1) is 23.0. The van der Waals surface area contributed by atoms with Gasteiger partial charge in [-0.15, -0.1) is 0 Å². The molecule has 0 bridgehead atoms. The van der Waals surface area contributed by atoms with E-state index < -0.39 is 5.97 Å². The molecule has 0 aliphatic carbocycles. The molecule has 0 unspecified atom stereocenters. The van der Waals surface area contributed by atoms with Gasteiger partial charge in [0.15, 0.2) is 0 Å². The van der Waals surface area contributed by atoms with Crippen molar-refractivity contribution in [1.29, 1.82) is 0 Å². The molecule has 0 fully saturated rings. The van der Waals surface area contributed by atoms with E-state index in [0.717, 1.165) is 49.6 Å². The van der Waals surface area contributed by atoms with Gasteiger partial charge in [-0.05, 0) is 89.5 Å². The lowest BCUT2D eigenvalue weighted by molar-refractivity contribution is -0.135. The van der Waals surface area contributed by atoms with Crippen molar-refractivity contribution in [1.82, 2.24) is 0 Å². The van der Waals surface area contributed by atoms with Crippen LogP contribution in [0, 0.1) is 0 Å². The topological polar surface area (TPSA) is 81.1 Å². The molecule has 0 aromatic heterocycles. The summed E-state index contributed by atoms with van der Waals surface area (Å²) in [5.41, 5.74) is 6.64. The van der Waals surface area contributed by atoms with Crippen LogP contribution in [0.4, 0.5) is 11.4 Å². The largest absolute Gasteiger partial charge is 0.483 e. The number of carboxylic acids is 1. The SMILES string of the molecule is CCN(Sc1ccc(-c2ccccc2)cc1)c1ccc(N(CC(=O)O)Sc2ccc(-c3ccccc3)cc2)c2ccccc12.O=CO. The smallest absolute Gasteiger partial charge is 0.324 e. The fourth-order valence-corrected chi connectivity index (χ4v) is 7.05. The average molecular weight is 659 g/mol. The summed E-state index contributed by atoms with van der Waals surface area (Å²) < 4.78 is 4.17. The van der Waals surface area contributed by atoms with Gasteiger partial charge in [0.1, 0.15) is 6.54 Å². The van der Waals surface area contributed by atoms with Gasteiger partial charge in [0.2, 0.25) is 0 Å². The highest BCUT2D eigenvalue weighted by Gasteiger charge is 2.19. The normalized spacial score (nSPS) is 10.5. The minimum atomic E-state index is -0.878. The first kappa shape index (κ1) is 33.2. The van der Waals surface area contributed by atoms with E-state index in [2.05, 4.69) is 114 Å². The predicted octanol–water partition coefficient (Wildman–Crippen LogP) is 10.0. The van der Waals surface area contributed by atoms with Gasteiger partial charge in [0.05, 0.1) is 11.4 Å². The molecule has 0 radical (unpaired) electrons. The Bertz CT molecular complexity index is 1900. The summed E-state index contributed by atoms with van der Waals surface area (Å²) in [6, 6.07) is 50.0. The van der Waals surface area contributed by atoms with Gasteiger partial charge in [-0.2, -0.15) is 0 Å². The minimum Gasteiger partial charge on any atom is -0.483 e. The maximum absolute atomic E-state index is 12.0. The van der Waals surface area contributed by atoms with E-state index in [0.29, 0.717) is 0 Å². The monoisotopic (exact) mass is 658 g/mol. The Morgan fingerprint density at radius 1 is 0.574 bits per heavy atom. The third-order valence-corrected chi connectivity index (χ3v) is 9.52. The summed E-state index contributed by atoms with van der Waals surface area (Å²) in [6.07, 6.45) is 0. The second-order valence-corrected chi connectivity index (χ2v) is 12.5. The number of rotatable bonds is 11. The van der Waals surface area contributed by atoms with Crippen LogP contribution in [-0.2, 0) is 9.59 Å². The molecule has 0 heterocycles. The molecule has 6 aromatic carbocycles. The number of hydrogen-bond donors (Lipinski definition) is 2. The maximum atomic E-state index is 12.0. The van der Waals surface area contributed by atoms with Gasteiger partial charge < -0.3 is 18.8 Å². The van der Waals surface area contributed by atoms with Crippen molar-refractivity contribution >= 4 is 58.5 Å². The predicted molar refractivity (Wildman–Crippen MR) is 196 cm³/mol. The number of carbonyl (C=O) groups is 2. The Labute approximate surface area is 283 Å². The van der Waals surface area contributed by atoms with Crippen molar-refractivity contribution in [3.8, 4) is 22.3 Å². The molecule has 6 rings (SSSR count). The van der Waals surface area contributed by atoms with Crippen LogP contribution >= 0.6 is 23.9 Å². The van der Waals surface area contributed by atoms with Crippen molar-refractivity contribution < 1.29 is 19.8 Å². The fourth-order valence-electron chi connectivity index (χ4n) is 5.21. The second kappa shape index (κ2) is 16.4. The van der Waals surface area contributed by atoms with Crippen molar-refractivity contribution in [3.05, 3.63) is 146 Å². The zero-order valence-corrected chi connectivity index (χ0v) is 27.4. The van der Waals surface area contributed by atoms with E-state index in [4.69, 9.17) is 9.90 Å². The van der Waals surface area contributed by atoms with E-state index in [9.17, 15) is 9.90 Å². The minimum absolute atomic E-state index is 0.131. The van der Waals surface area contributed by atoms with E-state index in [1.54, 1.807) is 11.9 Å². The van der Waals surface area contributed by atoms with Crippen molar-refractivity contribution in [2.24, 2.45) is 0 Å². The summed E-state index contributed by atoms with van der Waals surface area (Å²) in [5, 5.41) is 18.8. The Hall–Kier alpha value is -5.18. The van der Waals surface area contributed by atoms with E-state index in [-0.39, 0.29) is 13.0 Å². The summed E-state index contributed by atoms with van der Waals surface area (Å²) in [4.78, 5) is 22.5. The van der Waals surface area contributed by atoms with Crippen LogP contribution in [0.5, 0.6) is 0 Å². The molecule has 6 aromatic rings. The Kier molecular flexibility index (Phi) is 11.6. The third-order valence-electron chi connectivity index (χ3n) is 7.34. The van der Waals surface area contributed by atoms with Gasteiger partial charge in [-0.25, -0.2) is 0 Å². The van der Waals surface area contributed by atoms with E-state index in [1.807, 2.05) is 46.8 Å². The van der Waals surface area contributed by atoms with Gasteiger partial charge in [0, 0.05) is 27.1 Å². The molecule has 0 aliphatic rings. The first-order valence-electron chi connectivity index (χ1n) is 15.0. The second-order valence-electron chi connectivity index (χ2n) is 10.3. The number of benzene rings is 6. The highest BCUT2D eigenvalue weighted by Crippen LogP contribution is 2.41. The Morgan fingerprint density at radius 2 is 0.936 bits per heavy atom. The maximum Gasteiger partial charge on any atom is 0.324 e. The van der Waals surface area contributed by atoms with E-state index >= 15 is 0 Å². The van der Waals surface area contributed by atoms with E-state index in [1.165, 1.54) is 23.1 Å². The van der Waals surface area contributed by atoms with Gasteiger partial charge >= 0.3 is 5.97 Å². The molecule has 6 nitrogen and oxygen atoms in total. The molecule has 0 spiro atoms. The van der Waals surface area contributed by atoms with Gasteiger partial charge in [-0.1, -0.05) is 109 Å². The quantitative estimate of drug-likeness (QED) is 0.105. The lowest BCUT2D eigenvalue weighted by Crippen LogP contribution is -2.23. The highest BCUT2D eigenvalue weighted by atomic mass is 32.2. The van der Waals surface area contributed by atoms with Crippen LogP contribution in [0.2, 0.25) is 0 Å². The van der Waals surface area contributed by atoms with Gasteiger partial charge in [0.25, 0.3) is 6.47 Å². The molecular weight excluding hydrogens is 625 g/mol. The summed E-state index contributed by atoms with van der Waals surface area (Å²) in [7, 11) is 0. The van der Waals surface area contributed by atoms with Gasteiger partial charge in [-0.3, -0.25) is 9.59 Å². The standard InChI is InChI=1S/C38H32N2O2S2.CH2O2/c1-2-39(43-32-21-17-30(18-22-32)28-11-5-3-6-12-28)36-25-26-37(35-16-10-9-15-34(35)36)40(27-38(41)42)44-33-23-19-31(20-24-33)29-13-7-4-8-14-29;2-1-3/h3-26H,2,27H2,1H3,(H,41,42);1H,(H,2,3). The molecule has 0 aliphatic heterocycles. The van der Waals surface area contributed by atoms with Crippen molar-refractivity contribution in [3.63, 3.8) is 0 Å². The average Bonchev–Trinajstić information content (AvgIpc) is 3.11. The molecule has 0 saturated heterocycles. The van der Waals surface area contributed by atoms with Crippen molar-refractivity contribution in [2.75, 3.05) is 21.7 Å². The van der Waals surface area contributed by atoms with Crippen LogP contribution in [-0.4, -0.2) is 35.7 Å². The Balaban J connectivity index is 0.00000139. The molecule has 8 heteroatoms. The Morgan fingerprint density at radius 3 is 1.34 bits per heavy atom. The number of carboxylic acid groups (broad SMARTS) is 2. The van der Waals surface area contributed by atoms with Crippen molar-refractivity contribution in [2.45, 2.75) is 16.7 Å². The molecule has 0 atom stereocenters. The third kappa shape index (κ3) is 8.55. The van der Waals surface area contributed by atoms with Crippen LogP contribution in [0.3, 0.4) is 0 Å². The lowest BCUT2D eigenvalue weighted by Gasteiger charge is -2.27. The molecule has 2 N–H and O–H groups in total. The number of nitrogens with zero attached hydrogens (tertiary/aromatic N) is 2. The molecule has 47 heavy (non-hydrogen) atoms. The molecule has 236 valence electrons. The van der Waals surface area contributed by atoms with Crippen LogP contribution in [0.15, 0.2) is 155 Å². The highest BCUT2D eigenvalue weighted by molar-refractivity contribution is 8.01. The molecular formula is C39H34N2O4S2. The number of fused-ring (bicyclic) bond motifs is 1. The van der Waals surface area contributed by atoms with Crippen LogP contribution < -0.4 is 8.61 Å². The zero-order valence-electron chi connectivity index (χ0n) is 25.8. The number of hydrogen-bond acceptors (Lipinski definition) is 6. The fraction of sp³-hybridized carbons (Fsp3) is 0.0769. The number of anilines is 2. The summed E-state index contributed by atoms with van der Waals surface area (Å²) in [6.45, 7) is 2.57. The van der Waals surface area contributed by atoms with Crippen LogP contribution in [0.25, 0.3) is 33.0 Å². The summed E-state index contributed by atoms with van der Waals surface area (Å²) in [5.74, 6) is -0.878. The lowest BCUT2D eigenvalue weighted by atomic mass is 10.1. The first-order valence-corrected chi connectivity index (χ1v) is 16.6.